The van der Waals surface area contributed by atoms with Gasteiger partial charge in [0.15, 0.2) is 0 Å². The maximum Gasteiger partial charge on any atom is 0.251 e. The fourth-order valence-electron chi connectivity index (χ4n) is 5.46. The average molecular weight is 484 g/mol. The lowest BCUT2D eigenvalue weighted by Crippen LogP contribution is -2.58. The molecule has 36 heavy (non-hydrogen) atoms. The molecule has 6 rings (SSSR count). The molecule has 2 aromatic heterocycles. The number of H-pyrrole nitrogens is 1. The predicted octanol–water partition coefficient (Wildman–Crippen LogP) is 3.84. The van der Waals surface area contributed by atoms with E-state index in [1.165, 1.54) is 0 Å². The van der Waals surface area contributed by atoms with Crippen molar-refractivity contribution in [3.63, 3.8) is 0 Å². The van der Waals surface area contributed by atoms with E-state index >= 15 is 0 Å². The van der Waals surface area contributed by atoms with E-state index in [4.69, 9.17) is 4.74 Å². The minimum atomic E-state index is -0.256. The van der Waals surface area contributed by atoms with Crippen LogP contribution in [-0.2, 0) is 4.74 Å². The molecule has 0 saturated carbocycles. The summed E-state index contributed by atoms with van der Waals surface area (Å²) >= 11 is 0. The van der Waals surface area contributed by atoms with Crippen molar-refractivity contribution in [1.29, 1.82) is 0 Å². The number of fused-ring (bicyclic) bond motifs is 3. The molecule has 8 heteroatoms. The number of pyridine rings is 1. The van der Waals surface area contributed by atoms with Crippen LogP contribution >= 0.6 is 0 Å². The summed E-state index contributed by atoms with van der Waals surface area (Å²) in [7, 11) is 0. The molecule has 0 aliphatic carbocycles. The molecule has 4 heterocycles. The Morgan fingerprint density at radius 3 is 2.61 bits per heavy atom. The van der Waals surface area contributed by atoms with Crippen molar-refractivity contribution in [3.8, 4) is 11.3 Å². The number of nitrogens with one attached hydrogen (secondary N) is 2. The van der Waals surface area contributed by atoms with Gasteiger partial charge in [-0.3, -0.25) is 14.9 Å². The highest BCUT2D eigenvalue weighted by molar-refractivity contribution is 6.01. The second-order valence-corrected chi connectivity index (χ2v) is 9.71. The standard InChI is InChI=1S/C28H29N5O3/c1-17(25-4-2-3-11-29-25)30-28(35)19-7-10-26-24(12-19)27(32-31-26)18-5-8-20(9-6-18)33-21-13-23(34)14-22(33)16-36-15-21/h2-12,17,21-23,34H,13-16H2,1H3,(H,30,35)(H,31,32). The lowest BCUT2D eigenvalue weighted by atomic mass is 9.91. The Morgan fingerprint density at radius 2 is 1.89 bits per heavy atom. The lowest BCUT2D eigenvalue weighted by Gasteiger charge is -2.48. The summed E-state index contributed by atoms with van der Waals surface area (Å²) in [5, 5.41) is 21.8. The number of carbonyl (C=O) groups excluding carboxylic acids is 1. The van der Waals surface area contributed by atoms with Gasteiger partial charge in [-0.05, 0) is 62.2 Å². The van der Waals surface area contributed by atoms with Crippen molar-refractivity contribution < 1.29 is 14.6 Å². The van der Waals surface area contributed by atoms with Crippen LogP contribution in [0.15, 0.2) is 66.9 Å². The third-order valence-corrected chi connectivity index (χ3v) is 7.24. The van der Waals surface area contributed by atoms with Crippen molar-refractivity contribution >= 4 is 22.5 Å². The van der Waals surface area contributed by atoms with E-state index in [1.54, 1.807) is 12.3 Å². The average Bonchev–Trinajstić information content (AvgIpc) is 3.32. The monoisotopic (exact) mass is 483 g/mol. The van der Waals surface area contributed by atoms with E-state index in [2.05, 4.69) is 49.7 Å². The summed E-state index contributed by atoms with van der Waals surface area (Å²) in [6.07, 6.45) is 2.92. The largest absolute Gasteiger partial charge is 0.393 e. The minimum absolute atomic E-state index is 0.154. The highest BCUT2D eigenvalue weighted by Gasteiger charge is 2.38. The van der Waals surface area contributed by atoms with Crippen LogP contribution in [-0.4, -0.2) is 57.6 Å². The van der Waals surface area contributed by atoms with Crippen molar-refractivity contribution in [2.24, 2.45) is 0 Å². The molecule has 2 aromatic carbocycles. The number of rotatable bonds is 5. The zero-order valence-electron chi connectivity index (χ0n) is 20.1. The molecule has 2 saturated heterocycles. The van der Waals surface area contributed by atoms with Crippen LogP contribution in [0.2, 0.25) is 0 Å². The first-order chi connectivity index (χ1) is 17.6. The number of aromatic nitrogens is 3. The lowest BCUT2D eigenvalue weighted by molar-refractivity contribution is 0.00124. The Hall–Kier alpha value is -3.75. The van der Waals surface area contributed by atoms with Crippen molar-refractivity contribution in [2.75, 3.05) is 18.1 Å². The number of ether oxygens (including phenoxy) is 1. The van der Waals surface area contributed by atoms with Gasteiger partial charge >= 0.3 is 0 Å². The van der Waals surface area contributed by atoms with E-state index in [9.17, 15) is 9.90 Å². The van der Waals surface area contributed by atoms with Crippen LogP contribution in [0.1, 0.15) is 41.9 Å². The first-order valence-corrected chi connectivity index (χ1v) is 12.4. The fraction of sp³-hybridized carbons (Fsp3) is 0.321. The summed E-state index contributed by atoms with van der Waals surface area (Å²) in [6.45, 7) is 3.21. The first kappa shape index (κ1) is 22.7. The Bertz CT molecular complexity index is 1360. The Labute approximate surface area is 209 Å². The van der Waals surface area contributed by atoms with Gasteiger partial charge in [0.2, 0.25) is 0 Å². The number of piperidine rings is 1. The molecule has 3 unspecified atom stereocenters. The van der Waals surface area contributed by atoms with Crippen LogP contribution in [0.3, 0.4) is 0 Å². The van der Waals surface area contributed by atoms with Gasteiger partial charge in [-0.15, -0.1) is 0 Å². The van der Waals surface area contributed by atoms with E-state index in [1.807, 2.05) is 37.3 Å². The topological polar surface area (TPSA) is 103 Å². The van der Waals surface area contributed by atoms with Crippen LogP contribution in [0.4, 0.5) is 5.69 Å². The van der Waals surface area contributed by atoms with Crippen LogP contribution in [0.25, 0.3) is 22.2 Å². The van der Waals surface area contributed by atoms with Gasteiger partial charge in [-0.25, -0.2) is 0 Å². The number of carbonyl (C=O) groups is 1. The minimum Gasteiger partial charge on any atom is -0.393 e. The number of hydrogen-bond acceptors (Lipinski definition) is 6. The highest BCUT2D eigenvalue weighted by atomic mass is 16.5. The molecule has 2 aliphatic heterocycles. The molecular weight excluding hydrogens is 454 g/mol. The Balaban J connectivity index is 1.24. The van der Waals surface area contributed by atoms with Crippen LogP contribution < -0.4 is 10.2 Å². The molecule has 3 N–H and O–H groups in total. The van der Waals surface area contributed by atoms with Crippen molar-refractivity contribution in [2.45, 2.75) is 44.0 Å². The zero-order valence-corrected chi connectivity index (χ0v) is 20.1. The van der Waals surface area contributed by atoms with Gasteiger partial charge in [-0.2, -0.15) is 5.10 Å². The number of anilines is 1. The summed E-state index contributed by atoms with van der Waals surface area (Å²) in [5.41, 5.74) is 5.18. The molecule has 2 fully saturated rings. The second kappa shape index (κ2) is 9.37. The summed E-state index contributed by atoms with van der Waals surface area (Å²) in [5.74, 6) is -0.154. The number of aliphatic hydroxyl groups excluding tert-OH is 1. The number of nitrogens with zero attached hydrogens (tertiary/aromatic N) is 3. The zero-order chi connectivity index (χ0) is 24.6. The van der Waals surface area contributed by atoms with Gasteiger partial charge in [0.05, 0.1) is 54.3 Å². The van der Waals surface area contributed by atoms with Crippen LogP contribution in [0, 0.1) is 0 Å². The van der Waals surface area contributed by atoms with Crippen molar-refractivity contribution in [1.82, 2.24) is 20.5 Å². The van der Waals surface area contributed by atoms with Gasteiger partial charge < -0.3 is 20.1 Å². The smallest absolute Gasteiger partial charge is 0.251 e. The third-order valence-electron chi connectivity index (χ3n) is 7.24. The molecule has 8 nitrogen and oxygen atoms in total. The quantitative estimate of drug-likeness (QED) is 0.399. The van der Waals surface area contributed by atoms with Gasteiger partial charge in [0.25, 0.3) is 5.91 Å². The van der Waals surface area contributed by atoms with Crippen molar-refractivity contribution in [3.05, 3.63) is 78.1 Å². The second-order valence-electron chi connectivity index (χ2n) is 9.71. The molecular formula is C28H29N5O3. The van der Waals surface area contributed by atoms with E-state index in [0.29, 0.717) is 18.8 Å². The number of aliphatic hydroxyl groups is 1. The normalized spacial score (nSPS) is 22.4. The maximum atomic E-state index is 13.0. The molecule has 184 valence electrons. The van der Waals surface area contributed by atoms with E-state index in [-0.39, 0.29) is 30.1 Å². The molecule has 0 radical (unpaired) electrons. The first-order valence-electron chi connectivity index (χ1n) is 12.4. The summed E-state index contributed by atoms with van der Waals surface area (Å²) in [4.78, 5) is 19.7. The number of hydrogen-bond donors (Lipinski definition) is 3. The number of benzene rings is 2. The SMILES string of the molecule is CC(NC(=O)c1ccc2[nH]nc(-c3ccc(N4C5COCC4CC(O)C5)cc3)c2c1)c1ccccn1. The van der Waals surface area contributed by atoms with Gasteiger partial charge in [-0.1, -0.05) is 18.2 Å². The van der Waals surface area contributed by atoms with E-state index in [0.717, 1.165) is 46.4 Å². The predicted molar refractivity (Wildman–Crippen MR) is 138 cm³/mol. The molecule has 2 aliphatic rings. The summed E-state index contributed by atoms with van der Waals surface area (Å²) < 4.78 is 5.74. The molecule has 2 bridgehead atoms. The maximum absolute atomic E-state index is 13.0. The number of aromatic amines is 1. The van der Waals surface area contributed by atoms with Gasteiger partial charge in [0, 0.05) is 28.4 Å². The Morgan fingerprint density at radius 1 is 1.11 bits per heavy atom. The fourth-order valence-corrected chi connectivity index (χ4v) is 5.46. The number of morpholine rings is 1. The molecule has 3 atom stereocenters. The van der Waals surface area contributed by atoms with E-state index < -0.39 is 0 Å². The van der Waals surface area contributed by atoms with Gasteiger partial charge in [0.1, 0.15) is 0 Å². The molecule has 0 spiro atoms. The van der Waals surface area contributed by atoms with Crippen LogP contribution in [0.5, 0.6) is 0 Å². The molecule has 1 amide bonds. The highest BCUT2D eigenvalue weighted by Crippen LogP contribution is 2.35. The number of amides is 1. The third kappa shape index (κ3) is 4.23. The molecule has 4 aromatic rings. The Kier molecular flexibility index (Phi) is 5.91. The summed E-state index contributed by atoms with van der Waals surface area (Å²) in [6, 6.07) is 19.8.